The van der Waals surface area contributed by atoms with Crippen molar-refractivity contribution in [3.8, 4) is 0 Å². The molecule has 0 radical (unpaired) electrons. The number of thioether (sulfide) groups is 1. The van der Waals surface area contributed by atoms with Crippen molar-refractivity contribution in [2.75, 3.05) is 11.1 Å². The summed E-state index contributed by atoms with van der Waals surface area (Å²) in [6, 6.07) is 5.20. The lowest BCUT2D eigenvalue weighted by atomic mass is 10.1. The molecule has 0 spiro atoms. The SMILES string of the molecule is Cc1ccc(NC(=O)NC(=O)CSc2ncnc3sc4c(c23)CCC4)c(C)c1. The molecule has 3 aromatic rings. The zero-order chi connectivity index (χ0) is 19.7. The highest BCUT2D eigenvalue weighted by atomic mass is 32.2. The number of nitrogens with one attached hydrogen (secondary N) is 2. The van der Waals surface area contributed by atoms with Crippen molar-refractivity contribution in [2.24, 2.45) is 0 Å². The molecule has 0 saturated carbocycles. The van der Waals surface area contributed by atoms with Crippen LogP contribution in [0.15, 0.2) is 29.6 Å². The molecule has 2 heterocycles. The molecule has 3 amide bonds. The molecule has 1 aromatic carbocycles. The molecule has 6 nitrogen and oxygen atoms in total. The van der Waals surface area contributed by atoms with Crippen molar-refractivity contribution in [3.63, 3.8) is 0 Å². The molecule has 2 aromatic heterocycles. The van der Waals surface area contributed by atoms with Gasteiger partial charge < -0.3 is 5.32 Å². The summed E-state index contributed by atoms with van der Waals surface area (Å²) in [7, 11) is 0. The van der Waals surface area contributed by atoms with Gasteiger partial charge in [0.2, 0.25) is 5.91 Å². The van der Waals surface area contributed by atoms with Crippen LogP contribution in [-0.4, -0.2) is 27.7 Å². The second kappa shape index (κ2) is 7.89. The Labute approximate surface area is 171 Å². The van der Waals surface area contributed by atoms with Gasteiger partial charge in [0, 0.05) is 16.0 Å². The number of imide groups is 1. The standard InChI is InChI=1S/C20H20N4O2S2/c1-11-6-7-14(12(2)8-11)23-20(26)24-16(25)9-27-18-17-13-4-3-5-15(13)28-19(17)22-10-21-18/h6-8,10H,3-5,9H2,1-2H3,(H2,23,24,25,26). The minimum atomic E-state index is -0.526. The van der Waals surface area contributed by atoms with Crippen LogP contribution in [0.3, 0.4) is 0 Å². The number of anilines is 1. The van der Waals surface area contributed by atoms with E-state index < -0.39 is 6.03 Å². The molecular weight excluding hydrogens is 392 g/mol. The van der Waals surface area contributed by atoms with Crippen LogP contribution in [0.1, 0.15) is 28.0 Å². The topological polar surface area (TPSA) is 84.0 Å². The van der Waals surface area contributed by atoms with E-state index in [1.165, 1.54) is 22.2 Å². The van der Waals surface area contributed by atoms with Gasteiger partial charge in [-0.15, -0.1) is 11.3 Å². The van der Waals surface area contributed by atoms with Crippen molar-refractivity contribution in [1.29, 1.82) is 0 Å². The largest absolute Gasteiger partial charge is 0.325 e. The molecule has 0 aliphatic heterocycles. The molecule has 0 fully saturated rings. The molecule has 0 saturated heterocycles. The number of urea groups is 1. The molecule has 8 heteroatoms. The summed E-state index contributed by atoms with van der Waals surface area (Å²) in [6.07, 6.45) is 4.84. The van der Waals surface area contributed by atoms with Crippen LogP contribution >= 0.6 is 23.1 Å². The molecule has 4 rings (SSSR count). The Morgan fingerprint density at radius 3 is 2.89 bits per heavy atom. The van der Waals surface area contributed by atoms with E-state index in [-0.39, 0.29) is 11.7 Å². The Morgan fingerprint density at radius 2 is 2.07 bits per heavy atom. The van der Waals surface area contributed by atoms with Gasteiger partial charge in [0.25, 0.3) is 0 Å². The summed E-state index contributed by atoms with van der Waals surface area (Å²) in [5, 5.41) is 7.00. The van der Waals surface area contributed by atoms with Gasteiger partial charge >= 0.3 is 6.03 Å². The first kappa shape index (κ1) is 18.9. The first-order valence-corrected chi connectivity index (χ1v) is 10.9. The van der Waals surface area contributed by atoms with E-state index in [0.717, 1.165) is 45.6 Å². The molecule has 0 atom stereocenters. The van der Waals surface area contributed by atoms with Gasteiger partial charge in [-0.1, -0.05) is 29.5 Å². The number of nitrogens with zero attached hydrogens (tertiary/aromatic N) is 2. The van der Waals surface area contributed by atoms with E-state index in [0.29, 0.717) is 5.69 Å². The van der Waals surface area contributed by atoms with Crippen LogP contribution in [0.2, 0.25) is 0 Å². The van der Waals surface area contributed by atoms with Crippen LogP contribution < -0.4 is 10.6 Å². The minimum Gasteiger partial charge on any atom is -0.307 e. The van der Waals surface area contributed by atoms with Gasteiger partial charge in [0.1, 0.15) is 16.2 Å². The Morgan fingerprint density at radius 1 is 1.21 bits per heavy atom. The maximum atomic E-state index is 12.2. The predicted molar refractivity (Wildman–Crippen MR) is 113 cm³/mol. The van der Waals surface area contributed by atoms with Crippen LogP contribution in [0.4, 0.5) is 10.5 Å². The predicted octanol–water partition coefficient (Wildman–Crippen LogP) is 4.24. The average molecular weight is 413 g/mol. The number of hydrogen-bond acceptors (Lipinski definition) is 6. The third-order valence-corrected chi connectivity index (χ3v) is 6.88. The highest BCUT2D eigenvalue weighted by molar-refractivity contribution is 8.00. The Kier molecular flexibility index (Phi) is 5.32. The molecule has 1 aliphatic rings. The van der Waals surface area contributed by atoms with Crippen LogP contribution in [-0.2, 0) is 17.6 Å². The highest BCUT2D eigenvalue weighted by Crippen LogP contribution is 2.39. The summed E-state index contributed by atoms with van der Waals surface area (Å²) >= 11 is 3.07. The lowest BCUT2D eigenvalue weighted by Crippen LogP contribution is -2.35. The molecule has 144 valence electrons. The number of aromatic nitrogens is 2. The van der Waals surface area contributed by atoms with E-state index in [2.05, 4.69) is 20.6 Å². The average Bonchev–Trinajstić information content (AvgIpc) is 3.23. The van der Waals surface area contributed by atoms with Crippen LogP contribution in [0.25, 0.3) is 10.2 Å². The van der Waals surface area contributed by atoms with E-state index in [1.54, 1.807) is 17.7 Å². The van der Waals surface area contributed by atoms with E-state index in [9.17, 15) is 9.59 Å². The molecule has 0 bridgehead atoms. The molecule has 2 N–H and O–H groups in total. The highest BCUT2D eigenvalue weighted by Gasteiger charge is 2.21. The van der Waals surface area contributed by atoms with Gasteiger partial charge in [-0.05, 0) is 50.3 Å². The molecular formula is C20H20N4O2S2. The molecule has 0 unspecified atom stereocenters. The quantitative estimate of drug-likeness (QED) is 0.495. The Balaban J connectivity index is 1.38. The van der Waals surface area contributed by atoms with Crippen molar-refractivity contribution in [3.05, 3.63) is 46.1 Å². The number of hydrogen-bond donors (Lipinski definition) is 2. The minimum absolute atomic E-state index is 0.122. The first-order chi connectivity index (χ1) is 13.5. The summed E-state index contributed by atoms with van der Waals surface area (Å²) in [5.74, 6) is -0.234. The van der Waals surface area contributed by atoms with E-state index in [4.69, 9.17) is 0 Å². The number of carbonyl (C=O) groups is 2. The monoisotopic (exact) mass is 412 g/mol. The number of carbonyl (C=O) groups excluding carboxylic acids is 2. The maximum absolute atomic E-state index is 12.2. The number of thiophene rings is 1. The van der Waals surface area contributed by atoms with Crippen molar-refractivity contribution in [2.45, 2.75) is 38.1 Å². The zero-order valence-corrected chi connectivity index (χ0v) is 17.3. The van der Waals surface area contributed by atoms with Gasteiger partial charge in [-0.2, -0.15) is 0 Å². The van der Waals surface area contributed by atoms with Crippen molar-refractivity contribution in [1.82, 2.24) is 15.3 Å². The zero-order valence-electron chi connectivity index (χ0n) is 15.7. The number of aryl methyl sites for hydroxylation is 4. The van der Waals surface area contributed by atoms with Gasteiger partial charge in [0.05, 0.1) is 5.75 Å². The Hall–Kier alpha value is -2.45. The van der Waals surface area contributed by atoms with Gasteiger partial charge in [0.15, 0.2) is 0 Å². The fourth-order valence-corrected chi connectivity index (χ4v) is 5.53. The summed E-state index contributed by atoms with van der Waals surface area (Å²) in [4.78, 5) is 35.5. The maximum Gasteiger partial charge on any atom is 0.325 e. The fourth-order valence-electron chi connectivity index (χ4n) is 3.41. The van der Waals surface area contributed by atoms with Crippen LogP contribution in [0.5, 0.6) is 0 Å². The number of rotatable bonds is 4. The summed E-state index contributed by atoms with van der Waals surface area (Å²) in [6.45, 7) is 3.91. The van der Waals surface area contributed by atoms with Gasteiger partial charge in [-0.3, -0.25) is 10.1 Å². The molecule has 28 heavy (non-hydrogen) atoms. The smallest absolute Gasteiger partial charge is 0.307 e. The Bertz CT molecular complexity index is 1080. The number of amides is 3. The van der Waals surface area contributed by atoms with E-state index in [1.807, 2.05) is 32.0 Å². The normalized spacial score (nSPS) is 12.8. The van der Waals surface area contributed by atoms with Crippen LogP contribution in [0, 0.1) is 13.8 Å². The fraction of sp³-hybridized carbons (Fsp3) is 0.300. The lowest BCUT2D eigenvalue weighted by Gasteiger charge is -2.10. The first-order valence-electron chi connectivity index (χ1n) is 9.07. The summed E-state index contributed by atoms with van der Waals surface area (Å²) < 4.78 is 0. The lowest BCUT2D eigenvalue weighted by molar-refractivity contribution is -0.117. The second-order valence-corrected chi connectivity index (χ2v) is 8.87. The van der Waals surface area contributed by atoms with E-state index >= 15 is 0 Å². The summed E-state index contributed by atoms with van der Waals surface area (Å²) in [5.41, 5.74) is 4.09. The molecule has 1 aliphatic carbocycles. The number of fused-ring (bicyclic) bond motifs is 3. The van der Waals surface area contributed by atoms with Crippen molar-refractivity contribution < 1.29 is 9.59 Å². The third-order valence-electron chi connectivity index (χ3n) is 4.69. The second-order valence-electron chi connectivity index (χ2n) is 6.83. The number of benzene rings is 1. The van der Waals surface area contributed by atoms with Crippen molar-refractivity contribution >= 4 is 50.9 Å². The third kappa shape index (κ3) is 3.88. The van der Waals surface area contributed by atoms with Gasteiger partial charge in [-0.25, -0.2) is 14.8 Å².